The predicted molar refractivity (Wildman–Crippen MR) is 82.7 cm³/mol. The summed E-state index contributed by atoms with van der Waals surface area (Å²) in [5.41, 5.74) is 0. The van der Waals surface area contributed by atoms with Crippen molar-refractivity contribution in [3.63, 3.8) is 0 Å². The number of para-hydroxylation sites is 2. The zero-order chi connectivity index (χ0) is 13.2. The first-order valence-electron chi connectivity index (χ1n) is 6.45. The van der Waals surface area contributed by atoms with E-state index in [-0.39, 0.29) is 12.4 Å². The Morgan fingerprint density at radius 3 is 2.26 bits per heavy atom. The molecule has 0 aliphatic carbocycles. The summed E-state index contributed by atoms with van der Waals surface area (Å²) in [7, 11) is 1.65. The third-order valence-corrected chi connectivity index (χ3v) is 2.83. The number of likely N-dealkylation sites (N-methyl/N-ethyl adjacent to an activating group) is 1. The van der Waals surface area contributed by atoms with Crippen LogP contribution in [-0.4, -0.2) is 38.3 Å². The monoisotopic (exact) mass is 285 g/mol. The van der Waals surface area contributed by atoms with Gasteiger partial charge in [-0.15, -0.1) is 12.4 Å². The Morgan fingerprint density at radius 2 is 1.68 bits per heavy atom. The molecule has 4 heteroatoms. The summed E-state index contributed by atoms with van der Waals surface area (Å²) < 4.78 is 10.9. The SMILES string of the molecule is CCN(CC)CC=CCOc1ccccc1OC.Cl. The summed E-state index contributed by atoms with van der Waals surface area (Å²) in [5.74, 6) is 1.56. The molecule has 0 spiro atoms. The Bertz CT molecular complexity index is 365. The van der Waals surface area contributed by atoms with Crippen molar-refractivity contribution in [1.82, 2.24) is 4.90 Å². The Kier molecular flexibility index (Phi) is 10.0. The molecule has 0 saturated heterocycles. The van der Waals surface area contributed by atoms with Crippen molar-refractivity contribution in [3.05, 3.63) is 36.4 Å². The van der Waals surface area contributed by atoms with Crippen LogP contribution in [0.15, 0.2) is 36.4 Å². The second kappa shape index (κ2) is 10.7. The van der Waals surface area contributed by atoms with Gasteiger partial charge in [-0.2, -0.15) is 0 Å². The second-order valence-electron chi connectivity index (χ2n) is 3.92. The largest absolute Gasteiger partial charge is 0.493 e. The summed E-state index contributed by atoms with van der Waals surface area (Å²) in [5, 5.41) is 0. The lowest BCUT2D eigenvalue weighted by Crippen LogP contribution is -2.22. The number of halogens is 1. The average Bonchev–Trinajstić information content (AvgIpc) is 2.43. The van der Waals surface area contributed by atoms with E-state index in [0.717, 1.165) is 31.1 Å². The lowest BCUT2D eigenvalue weighted by atomic mass is 10.3. The molecule has 3 nitrogen and oxygen atoms in total. The topological polar surface area (TPSA) is 21.7 Å². The first kappa shape index (κ1) is 17.8. The van der Waals surface area contributed by atoms with Crippen LogP contribution in [0, 0.1) is 0 Å². The molecule has 0 atom stereocenters. The molecule has 1 rings (SSSR count). The van der Waals surface area contributed by atoms with E-state index in [1.165, 1.54) is 0 Å². The molecule has 1 aromatic carbocycles. The Hall–Kier alpha value is -1.19. The molecule has 0 fully saturated rings. The van der Waals surface area contributed by atoms with Crippen molar-refractivity contribution >= 4 is 12.4 Å². The number of rotatable bonds is 8. The maximum absolute atomic E-state index is 5.65. The first-order valence-corrected chi connectivity index (χ1v) is 6.45. The van der Waals surface area contributed by atoms with Crippen LogP contribution in [0.25, 0.3) is 0 Å². The lowest BCUT2D eigenvalue weighted by Gasteiger charge is -2.14. The summed E-state index contributed by atoms with van der Waals surface area (Å²) in [4.78, 5) is 2.35. The number of hydrogen-bond acceptors (Lipinski definition) is 3. The molecule has 0 saturated carbocycles. The van der Waals surface area contributed by atoms with Gasteiger partial charge in [0.05, 0.1) is 7.11 Å². The van der Waals surface area contributed by atoms with Crippen molar-refractivity contribution < 1.29 is 9.47 Å². The average molecular weight is 286 g/mol. The minimum atomic E-state index is 0. The summed E-state index contributed by atoms with van der Waals surface area (Å²) >= 11 is 0. The predicted octanol–water partition coefficient (Wildman–Crippen LogP) is 3.39. The summed E-state index contributed by atoms with van der Waals surface area (Å²) in [6.45, 7) is 8.04. The van der Waals surface area contributed by atoms with Gasteiger partial charge in [-0.25, -0.2) is 0 Å². The number of nitrogens with zero attached hydrogens (tertiary/aromatic N) is 1. The highest BCUT2D eigenvalue weighted by molar-refractivity contribution is 5.85. The van der Waals surface area contributed by atoms with Crippen LogP contribution in [0.4, 0.5) is 0 Å². The van der Waals surface area contributed by atoms with Crippen molar-refractivity contribution in [1.29, 1.82) is 0 Å². The minimum Gasteiger partial charge on any atom is -0.493 e. The van der Waals surface area contributed by atoms with Gasteiger partial charge >= 0.3 is 0 Å². The van der Waals surface area contributed by atoms with Gasteiger partial charge in [-0.3, -0.25) is 0 Å². The maximum Gasteiger partial charge on any atom is 0.161 e. The minimum absolute atomic E-state index is 0. The fraction of sp³-hybridized carbons (Fsp3) is 0.467. The molecule has 1 aromatic rings. The van der Waals surface area contributed by atoms with Crippen molar-refractivity contribution in [2.45, 2.75) is 13.8 Å². The Balaban J connectivity index is 0.00000324. The molecule has 0 N–H and O–H groups in total. The van der Waals surface area contributed by atoms with Gasteiger partial charge in [0.2, 0.25) is 0 Å². The second-order valence-corrected chi connectivity index (χ2v) is 3.92. The summed E-state index contributed by atoms with van der Waals surface area (Å²) in [6, 6.07) is 7.69. The molecule has 0 aromatic heterocycles. The number of ether oxygens (including phenoxy) is 2. The van der Waals surface area contributed by atoms with Gasteiger partial charge in [0, 0.05) is 6.54 Å². The van der Waals surface area contributed by atoms with Gasteiger partial charge in [-0.1, -0.05) is 38.1 Å². The molecule has 0 aliphatic heterocycles. The van der Waals surface area contributed by atoms with E-state index in [2.05, 4.69) is 24.8 Å². The van der Waals surface area contributed by atoms with Crippen molar-refractivity contribution in [2.75, 3.05) is 33.4 Å². The fourth-order valence-corrected chi connectivity index (χ4v) is 1.65. The van der Waals surface area contributed by atoms with Crippen molar-refractivity contribution in [2.24, 2.45) is 0 Å². The van der Waals surface area contributed by atoms with Crippen molar-refractivity contribution in [3.8, 4) is 11.5 Å². The maximum atomic E-state index is 5.65. The molecule has 0 amide bonds. The first-order chi connectivity index (χ1) is 8.81. The molecule has 0 heterocycles. The quantitative estimate of drug-likeness (QED) is 0.684. The van der Waals surface area contributed by atoms with E-state index in [4.69, 9.17) is 9.47 Å². The molecule has 0 radical (unpaired) electrons. The highest BCUT2D eigenvalue weighted by atomic mass is 35.5. The number of benzene rings is 1. The zero-order valence-electron chi connectivity index (χ0n) is 12.0. The third kappa shape index (κ3) is 6.50. The van der Waals surface area contributed by atoms with Gasteiger partial charge in [0.15, 0.2) is 11.5 Å². The normalized spacial score (nSPS) is 10.5. The van der Waals surface area contributed by atoms with Crippen LogP contribution in [0.2, 0.25) is 0 Å². The van der Waals surface area contributed by atoms with Crippen LogP contribution in [-0.2, 0) is 0 Å². The summed E-state index contributed by atoms with van der Waals surface area (Å²) in [6.07, 6.45) is 4.19. The van der Waals surface area contributed by atoms with E-state index < -0.39 is 0 Å². The standard InChI is InChI=1S/C15H23NO2.ClH/c1-4-16(5-2)12-8-9-13-18-15-11-7-6-10-14(15)17-3;/h6-11H,4-5,12-13H2,1-3H3;1H. The fourth-order valence-electron chi connectivity index (χ4n) is 1.65. The van der Waals surface area contributed by atoms with Crippen LogP contribution in [0.3, 0.4) is 0 Å². The number of methoxy groups -OCH3 is 1. The highest BCUT2D eigenvalue weighted by Crippen LogP contribution is 2.25. The molecule has 0 bridgehead atoms. The van der Waals surface area contributed by atoms with Gasteiger partial charge in [0.1, 0.15) is 6.61 Å². The lowest BCUT2D eigenvalue weighted by molar-refractivity contribution is 0.321. The zero-order valence-corrected chi connectivity index (χ0v) is 12.8. The van der Waals surface area contributed by atoms with Crippen LogP contribution in [0.5, 0.6) is 11.5 Å². The van der Waals surface area contributed by atoms with E-state index in [1.54, 1.807) is 7.11 Å². The van der Waals surface area contributed by atoms with E-state index in [0.29, 0.717) is 6.61 Å². The van der Waals surface area contributed by atoms with Crippen LogP contribution < -0.4 is 9.47 Å². The van der Waals surface area contributed by atoms with E-state index in [9.17, 15) is 0 Å². The van der Waals surface area contributed by atoms with E-state index >= 15 is 0 Å². The van der Waals surface area contributed by atoms with Gasteiger partial charge < -0.3 is 14.4 Å². The molecule has 0 unspecified atom stereocenters. The van der Waals surface area contributed by atoms with Gasteiger partial charge in [0.25, 0.3) is 0 Å². The highest BCUT2D eigenvalue weighted by Gasteiger charge is 2.00. The Labute approximate surface area is 122 Å². The molecule has 19 heavy (non-hydrogen) atoms. The smallest absolute Gasteiger partial charge is 0.161 e. The third-order valence-electron chi connectivity index (χ3n) is 2.83. The molecular formula is C15H24ClNO2. The molecule has 108 valence electrons. The van der Waals surface area contributed by atoms with Crippen LogP contribution in [0.1, 0.15) is 13.8 Å². The molecular weight excluding hydrogens is 262 g/mol. The van der Waals surface area contributed by atoms with Gasteiger partial charge in [-0.05, 0) is 25.2 Å². The molecule has 0 aliphatic rings. The Morgan fingerprint density at radius 1 is 1.05 bits per heavy atom. The van der Waals surface area contributed by atoms with Crippen LogP contribution >= 0.6 is 12.4 Å². The van der Waals surface area contributed by atoms with E-state index in [1.807, 2.05) is 30.3 Å². The number of hydrogen-bond donors (Lipinski definition) is 0.